The molecule has 1 N–H and O–H groups in total. The van der Waals surface area contributed by atoms with Crippen LogP contribution in [0.4, 0.5) is 13.2 Å². The van der Waals surface area contributed by atoms with Crippen LogP contribution in [0.15, 0.2) is 28.7 Å². The lowest BCUT2D eigenvalue weighted by atomic mass is 10.2. The quantitative estimate of drug-likeness (QED) is 0.850. The fraction of sp³-hybridized carbons (Fsp3) is 0.333. The Labute approximate surface area is 107 Å². The summed E-state index contributed by atoms with van der Waals surface area (Å²) in [5.41, 5.74) is 1.32. The first kappa shape index (κ1) is 13.2. The van der Waals surface area contributed by atoms with Crippen molar-refractivity contribution in [2.75, 3.05) is 6.54 Å². The average Bonchev–Trinajstić information content (AvgIpc) is 2.59. The summed E-state index contributed by atoms with van der Waals surface area (Å²) in [5.74, 6) is 0. The summed E-state index contributed by atoms with van der Waals surface area (Å²) in [7, 11) is 0. The van der Waals surface area contributed by atoms with Crippen molar-refractivity contribution in [3.8, 4) is 0 Å². The van der Waals surface area contributed by atoms with Gasteiger partial charge in [0.15, 0.2) is 5.22 Å². The second-order valence-corrected chi connectivity index (χ2v) is 4.24. The number of rotatable bonds is 4. The monoisotopic (exact) mass is 277 g/mol. The van der Waals surface area contributed by atoms with E-state index in [9.17, 15) is 13.2 Å². The van der Waals surface area contributed by atoms with Crippen LogP contribution >= 0.6 is 11.6 Å². The molecule has 2 nitrogen and oxygen atoms in total. The molecule has 0 aliphatic heterocycles. The van der Waals surface area contributed by atoms with Crippen LogP contribution in [0.3, 0.4) is 0 Å². The lowest BCUT2D eigenvalue weighted by molar-refractivity contribution is -0.133. The van der Waals surface area contributed by atoms with Gasteiger partial charge in [-0.1, -0.05) is 18.2 Å². The van der Waals surface area contributed by atoms with Gasteiger partial charge in [0.1, 0.15) is 5.58 Å². The molecular weight excluding hydrogens is 267 g/mol. The maximum absolute atomic E-state index is 12.0. The highest BCUT2D eigenvalue weighted by Crippen LogP contribution is 2.29. The van der Waals surface area contributed by atoms with Gasteiger partial charge < -0.3 is 9.73 Å². The van der Waals surface area contributed by atoms with Crippen LogP contribution in [0, 0.1) is 0 Å². The fourth-order valence-corrected chi connectivity index (χ4v) is 1.93. The summed E-state index contributed by atoms with van der Waals surface area (Å²) >= 11 is 5.91. The Bertz CT molecular complexity index is 536. The van der Waals surface area contributed by atoms with E-state index in [1.54, 1.807) is 6.07 Å². The number of hydrogen-bond donors (Lipinski definition) is 1. The molecule has 0 spiro atoms. The molecule has 2 rings (SSSR count). The third kappa shape index (κ3) is 3.17. The van der Waals surface area contributed by atoms with E-state index in [-0.39, 0.29) is 18.3 Å². The molecule has 1 heterocycles. The number of alkyl halides is 3. The van der Waals surface area contributed by atoms with Gasteiger partial charge in [0.2, 0.25) is 0 Å². The minimum atomic E-state index is -4.14. The zero-order chi connectivity index (χ0) is 13.2. The van der Waals surface area contributed by atoms with Gasteiger partial charge in [-0.15, -0.1) is 0 Å². The Morgan fingerprint density at radius 3 is 2.67 bits per heavy atom. The molecule has 0 atom stereocenters. The average molecular weight is 278 g/mol. The highest BCUT2D eigenvalue weighted by atomic mass is 35.5. The van der Waals surface area contributed by atoms with E-state index in [4.69, 9.17) is 16.0 Å². The second-order valence-electron chi connectivity index (χ2n) is 3.89. The maximum atomic E-state index is 12.0. The van der Waals surface area contributed by atoms with Crippen molar-refractivity contribution in [1.82, 2.24) is 5.32 Å². The molecule has 0 radical (unpaired) electrons. The molecule has 0 amide bonds. The highest BCUT2D eigenvalue weighted by Gasteiger charge is 2.26. The van der Waals surface area contributed by atoms with Crippen molar-refractivity contribution < 1.29 is 17.6 Å². The molecule has 98 valence electrons. The number of fused-ring (bicyclic) bond motifs is 1. The van der Waals surface area contributed by atoms with Gasteiger partial charge >= 0.3 is 6.18 Å². The molecule has 0 aliphatic rings. The second kappa shape index (κ2) is 5.20. The van der Waals surface area contributed by atoms with Gasteiger partial charge in [-0.25, -0.2) is 0 Å². The Hall–Kier alpha value is -1.20. The molecule has 0 bridgehead atoms. The smallest absolute Gasteiger partial charge is 0.390 e. The van der Waals surface area contributed by atoms with Crippen LogP contribution in [0.5, 0.6) is 0 Å². The standard InChI is InChI=1S/C12H11ClF3NO/c13-11-9(7-17-6-5-12(14,15)16)8-3-1-2-4-10(8)18-11/h1-4,17H,5-7H2. The molecule has 0 aliphatic carbocycles. The van der Waals surface area contributed by atoms with Gasteiger partial charge in [0.05, 0.1) is 6.42 Å². The molecule has 0 saturated carbocycles. The molecule has 2 aromatic rings. The molecule has 0 unspecified atom stereocenters. The number of halogens is 4. The van der Waals surface area contributed by atoms with Crippen LogP contribution in [-0.2, 0) is 6.54 Å². The fourth-order valence-electron chi connectivity index (χ4n) is 1.68. The predicted molar refractivity (Wildman–Crippen MR) is 63.6 cm³/mol. The van der Waals surface area contributed by atoms with E-state index in [0.717, 1.165) is 5.39 Å². The number of nitrogens with one attached hydrogen (secondary N) is 1. The summed E-state index contributed by atoms with van der Waals surface area (Å²) in [6, 6.07) is 7.22. The minimum Gasteiger partial charge on any atom is -0.444 e. The number of benzene rings is 1. The van der Waals surface area contributed by atoms with Crippen molar-refractivity contribution in [1.29, 1.82) is 0 Å². The largest absolute Gasteiger partial charge is 0.444 e. The normalized spacial score (nSPS) is 12.2. The molecule has 0 fully saturated rings. The van der Waals surface area contributed by atoms with Crippen LogP contribution in [0.2, 0.25) is 5.22 Å². The van der Waals surface area contributed by atoms with E-state index in [0.29, 0.717) is 11.1 Å². The summed E-state index contributed by atoms with van der Waals surface area (Å²) in [5, 5.41) is 3.75. The SMILES string of the molecule is FC(F)(F)CCNCc1c(Cl)oc2ccccc12. The van der Waals surface area contributed by atoms with Crippen molar-refractivity contribution in [3.05, 3.63) is 35.0 Å². The van der Waals surface area contributed by atoms with Crippen molar-refractivity contribution >= 4 is 22.6 Å². The van der Waals surface area contributed by atoms with Crippen molar-refractivity contribution in [2.24, 2.45) is 0 Å². The molecule has 0 saturated heterocycles. The van der Waals surface area contributed by atoms with Gasteiger partial charge in [-0.2, -0.15) is 13.2 Å². The van der Waals surface area contributed by atoms with Gasteiger partial charge in [0.25, 0.3) is 0 Å². The van der Waals surface area contributed by atoms with E-state index in [2.05, 4.69) is 5.32 Å². The zero-order valence-electron chi connectivity index (χ0n) is 9.35. The summed E-state index contributed by atoms with van der Waals surface area (Å²) < 4.78 is 41.2. The maximum Gasteiger partial charge on any atom is 0.390 e. The molecule has 1 aromatic carbocycles. The number of para-hydroxylation sites is 1. The van der Waals surface area contributed by atoms with E-state index < -0.39 is 12.6 Å². The van der Waals surface area contributed by atoms with Gasteiger partial charge in [-0.05, 0) is 17.7 Å². The third-order valence-electron chi connectivity index (χ3n) is 2.54. The van der Waals surface area contributed by atoms with Crippen LogP contribution < -0.4 is 5.32 Å². The van der Waals surface area contributed by atoms with Crippen molar-refractivity contribution in [2.45, 2.75) is 19.1 Å². The predicted octanol–water partition coefficient (Wildman–Crippen LogP) is 4.13. The first-order chi connectivity index (χ1) is 8.47. The lowest BCUT2D eigenvalue weighted by Gasteiger charge is -2.07. The Morgan fingerprint density at radius 2 is 1.94 bits per heavy atom. The number of furan rings is 1. The molecule has 18 heavy (non-hydrogen) atoms. The lowest BCUT2D eigenvalue weighted by Crippen LogP contribution is -2.21. The first-order valence-electron chi connectivity index (χ1n) is 5.41. The van der Waals surface area contributed by atoms with Crippen molar-refractivity contribution in [3.63, 3.8) is 0 Å². The first-order valence-corrected chi connectivity index (χ1v) is 5.78. The molecule has 1 aromatic heterocycles. The topological polar surface area (TPSA) is 25.2 Å². The Kier molecular flexibility index (Phi) is 3.82. The third-order valence-corrected chi connectivity index (χ3v) is 2.84. The van der Waals surface area contributed by atoms with Gasteiger partial charge in [0, 0.05) is 24.0 Å². The summed E-state index contributed by atoms with van der Waals surface area (Å²) in [6.07, 6.45) is -5.00. The zero-order valence-corrected chi connectivity index (χ0v) is 10.1. The molecule has 6 heteroatoms. The van der Waals surface area contributed by atoms with E-state index in [1.165, 1.54) is 0 Å². The van der Waals surface area contributed by atoms with Crippen LogP contribution in [-0.4, -0.2) is 12.7 Å². The number of hydrogen-bond acceptors (Lipinski definition) is 2. The summed E-state index contributed by atoms with van der Waals surface area (Å²) in [4.78, 5) is 0. The van der Waals surface area contributed by atoms with Crippen LogP contribution in [0.25, 0.3) is 11.0 Å². The van der Waals surface area contributed by atoms with E-state index in [1.807, 2.05) is 18.2 Å². The highest BCUT2D eigenvalue weighted by molar-refractivity contribution is 6.30. The van der Waals surface area contributed by atoms with Crippen LogP contribution in [0.1, 0.15) is 12.0 Å². The summed E-state index contributed by atoms with van der Waals surface area (Å²) in [6.45, 7) is 0.116. The molecular formula is C12H11ClF3NO. The Balaban J connectivity index is 2.01. The van der Waals surface area contributed by atoms with Gasteiger partial charge in [-0.3, -0.25) is 0 Å². The van der Waals surface area contributed by atoms with E-state index >= 15 is 0 Å². The minimum absolute atomic E-state index is 0.140. The Morgan fingerprint density at radius 1 is 1.22 bits per heavy atom.